The molecule has 1 rings (SSSR count). The maximum Gasteiger partial charge on any atom is 0.323 e. The Hall–Kier alpha value is -1.26. The van der Waals surface area contributed by atoms with Gasteiger partial charge in [0.25, 0.3) is 0 Å². The molecule has 1 aliphatic heterocycles. The van der Waals surface area contributed by atoms with Gasteiger partial charge in [-0.15, -0.1) is 0 Å². The molecule has 0 saturated carbocycles. The van der Waals surface area contributed by atoms with E-state index in [1.165, 1.54) is 4.90 Å². The van der Waals surface area contributed by atoms with Crippen molar-refractivity contribution in [3.63, 3.8) is 0 Å². The predicted molar refractivity (Wildman–Crippen MR) is 74.1 cm³/mol. The summed E-state index contributed by atoms with van der Waals surface area (Å²) in [6.07, 6.45) is 2.92. The molecule has 110 valence electrons. The van der Waals surface area contributed by atoms with Crippen LogP contribution in [-0.2, 0) is 4.79 Å². The molecule has 5 heteroatoms. The molecular weight excluding hydrogens is 244 g/mol. The zero-order chi connectivity index (χ0) is 14.8. The third-order valence-corrected chi connectivity index (χ3v) is 3.81. The zero-order valence-electron chi connectivity index (χ0n) is 12.6. The molecule has 1 N–H and O–H groups in total. The highest BCUT2D eigenvalue weighted by atomic mass is 16.4. The lowest BCUT2D eigenvalue weighted by molar-refractivity contribution is -0.138. The van der Waals surface area contributed by atoms with Crippen molar-refractivity contribution in [3.8, 4) is 0 Å². The second-order valence-corrected chi connectivity index (χ2v) is 6.33. The minimum atomic E-state index is -0.969. The van der Waals surface area contributed by atoms with Gasteiger partial charge in [-0.2, -0.15) is 0 Å². The summed E-state index contributed by atoms with van der Waals surface area (Å²) in [4.78, 5) is 27.0. The van der Waals surface area contributed by atoms with Crippen molar-refractivity contribution in [3.05, 3.63) is 0 Å². The Labute approximate surface area is 115 Å². The highest BCUT2D eigenvalue weighted by molar-refractivity contribution is 5.81. The Morgan fingerprint density at radius 2 is 1.89 bits per heavy atom. The fourth-order valence-electron chi connectivity index (χ4n) is 2.68. The molecule has 0 bridgehead atoms. The molecule has 0 aromatic rings. The summed E-state index contributed by atoms with van der Waals surface area (Å²) in [7, 11) is 0. The van der Waals surface area contributed by atoms with Crippen LogP contribution in [0.1, 0.15) is 53.9 Å². The van der Waals surface area contributed by atoms with E-state index in [9.17, 15) is 9.59 Å². The molecule has 2 amide bonds. The molecule has 1 heterocycles. The van der Waals surface area contributed by atoms with Gasteiger partial charge in [0.05, 0.1) is 0 Å². The maximum absolute atomic E-state index is 12.7. The monoisotopic (exact) mass is 270 g/mol. The van der Waals surface area contributed by atoms with Crippen LogP contribution in [0.5, 0.6) is 0 Å². The Morgan fingerprint density at radius 3 is 2.32 bits per heavy atom. The first-order valence-electron chi connectivity index (χ1n) is 7.00. The summed E-state index contributed by atoms with van der Waals surface area (Å²) < 4.78 is 0. The van der Waals surface area contributed by atoms with Crippen LogP contribution in [0.25, 0.3) is 0 Å². The van der Waals surface area contributed by atoms with Crippen LogP contribution in [0, 0.1) is 0 Å². The first-order chi connectivity index (χ1) is 8.68. The average Bonchev–Trinajstić information content (AvgIpc) is 2.64. The Kier molecular flexibility index (Phi) is 4.82. The number of hydrogen-bond donors (Lipinski definition) is 1. The summed E-state index contributed by atoms with van der Waals surface area (Å²) in [6, 6.07) is 0.281. The van der Waals surface area contributed by atoms with Gasteiger partial charge >= 0.3 is 12.0 Å². The normalized spacial score (nSPS) is 23.5. The highest BCUT2D eigenvalue weighted by Crippen LogP contribution is 2.29. The number of amides is 2. The number of carbonyl (C=O) groups is 2. The van der Waals surface area contributed by atoms with E-state index < -0.39 is 11.5 Å². The van der Waals surface area contributed by atoms with E-state index in [1.807, 2.05) is 32.6 Å². The van der Waals surface area contributed by atoms with E-state index in [1.54, 1.807) is 0 Å². The smallest absolute Gasteiger partial charge is 0.323 e. The van der Waals surface area contributed by atoms with E-state index in [0.717, 1.165) is 19.3 Å². The van der Waals surface area contributed by atoms with Gasteiger partial charge in [0.15, 0.2) is 0 Å². The summed E-state index contributed by atoms with van der Waals surface area (Å²) in [5.74, 6) is -0.969. The Morgan fingerprint density at radius 1 is 1.32 bits per heavy atom. The number of nitrogens with zero attached hydrogens (tertiary/aromatic N) is 2. The van der Waals surface area contributed by atoms with Crippen LogP contribution in [0.3, 0.4) is 0 Å². The van der Waals surface area contributed by atoms with Crippen molar-refractivity contribution < 1.29 is 14.7 Å². The zero-order valence-corrected chi connectivity index (χ0v) is 12.6. The van der Waals surface area contributed by atoms with Crippen LogP contribution >= 0.6 is 0 Å². The summed E-state index contributed by atoms with van der Waals surface area (Å²) in [5.41, 5.74) is -0.490. The molecule has 2 atom stereocenters. The van der Waals surface area contributed by atoms with Gasteiger partial charge in [-0.05, 0) is 47.0 Å². The van der Waals surface area contributed by atoms with Crippen LogP contribution in [-0.4, -0.2) is 51.1 Å². The minimum absolute atomic E-state index is 0.147. The van der Waals surface area contributed by atoms with E-state index >= 15 is 0 Å². The number of hydrogen-bond acceptors (Lipinski definition) is 2. The van der Waals surface area contributed by atoms with Gasteiger partial charge in [-0.1, -0.05) is 6.92 Å². The molecular formula is C14H26N2O3. The molecule has 2 unspecified atom stereocenters. The molecule has 0 aromatic heterocycles. The van der Waals surface area contributed by atoms with Crippen molar-refractivity contribution in [2.45, 2.75) is 71.5 Å². The molecule has 5 nitrogen and oxygen atoms in total. The second-order valence-electron chi connectivity index (χ2n) is 6.33. The number of rotatable bonds is 3. The van der Waals surface area contributed by atoms with E-state index in [-0.39, 0.29) is 24.7 Å². The van der Waals surface area contributed by atoms with Gasteiger partial charge in [-0.3, -0.25) is 4.79 Å². The van der Waals surface area contributed by atoms with Gasteiger partial charge in [0.1, 0.15) is 6.54 Å². The number of aliphatic carboxylic acids is 1. The van der Waals surface area contributed by atoms with Crippen LogP contribution in [0.4, 0.5) is 4.79 Å². The third-order valence-electron chi connectivity index (χ3n) is 3.81. The molecule has 1 aliphatic rings. The van der Waals surface area contributed by atoms with Crippen LogP contribution in [0.2, 0.25) is 0 Å². The summed E-state index contributed by atoms with van der Waals surface area (Å²) in [5, 5.41) is 9.02. The van der Waals surface area contributed by atoms with Crippen LogP contribution < -0.4 is 0 Å². The highest BCUT2D eigenvalue weighted by Gasteiger charge is 2.39. The lowest BCUT2D eigenvalue weighted by atomic mass is 10.1. The largest absolute Gasteiger partial charge is 0.480 e. The first kappa shape index (κ1) is 15.8. The molecule has 0 aromatic carbocycles. The molecule has 1 fully saturated rings. The number of urea groups is 1. The van der Waals surface area contributed by atoms with E-state index in [0.29, 0.717) is 0 Å². The lowest BCUT2D eigenvalue weighted by Gasteiger charge is -2.40. The molecule has 0 radical (unpaired) electrons. The fourth-order valence-corrected chi connectivity index (χ4v) is 2.68. The fraction of sp³-hybridized carbons (Fsp3) is 0.857. The number of carbonyl (C=O) groups excluding carboxylic acids is 1. The minimum Gasteiger partial charge on any atom is -0.480 e. The first-order valence-corrected chi connectivity index (χ1v) is 7.00. The molecule has 19 heavy (non-hydrogen) atoms. The third kappa shape index (κ3) is 3.61. The van der Waals surface area contributed by atoms with Crippen molar-refractivity contribution in [1.29, 1.82) is 0 Å². The number of carboxylic acid groups (broad SMARTS) is 1. The second kappa shape index (κ2) is 5.80. The van der Waals surface area contributed by atoms with Crippen molar-refractivity contribution >= 4 is 12.0 Å². The topological polar surface area (TPSA) is 60.9 Å². The van der Waals surface area contributed by atoms with E-state index in [2.05, 4.69) is 6.92 Å². The lowest BCUT2D eigenvalue weighted by Crippen LogP contribution is -2.56. The van der Waals surface area contributed by atoms with Crippen molar-refractivity contribution in [2.24, 2.45) is 0 Å². The molecule has 1 saturated heterocycles. The van der Waals surface area contributed by atoms with Gasteiger partial charge in [0, 0.05) is 17.6 Å². The summed E-state index contributed by atoms with van der Waals surface area (Å²) >= 11 is 0. The van der Waals surface area contributed by atoms with Crippen molar-refractivity contribution in [2.75, 3.05) is 6.54 Å². The summed E-state index contributed by atoms with van der Waals surface area (Å²) in [6.45, 7) is 9.47. The SMILES string of the molecule is CCC1CCC(C)N1C(=O)N(CC(=O)O)C(C)(C)C. The van der Waals surface area contributed by atoms with Crippen LogP contribution in [0.15, 0.2) is 0 Å². The standard InChI is InChI=1S/C14H26N2O3/c1-6-11-8-7-10(2)16(11)13(19)15(9-12(17)18)14(3,4)5/h10-11H,6-9H2,1-5H3,(H,17,18). The Bertz CT molecular complexity index is 349. The average molecular weight is 270 g/mol. The number of carboxylic acids is 1. The molecule has 0 aliphatic carbocycles. The molecule has 0 spiro atoms. The van der Waals surface area contributed by atoms with Gasteiger partial charge < -0.3 is 14.9 Å². The van der Waals surface area contributed by atoms with E-state index in [4.69, 9.17) is 5.11 Å². The van der Waals surface area contributed by atoms with Crippen molar-refractivity contribution in [1.82, 2.24) is 9.80 Å². The number of likely N-dealkylation sites (tertiary alicyclic amines) is 1. The quantitative estimate of drug-likeness (QED) is 0.857. The van der Waals surface area contributed by atoms with Gasteiger partial charge in [-0.25, -0.2) is 4.79 Å². The predicted octanol–water partition coefficient (Wildman–Crippen LogP) is 2.55. The Balaban J connectivity index is 2.95. The van der Waals surface area contributed by atoms with Gasteiger partial charge in [0.2, 0.25) is 0 Å². The maximum atomic E-state index is 12.7.